The summed E-state index contributed by atoms with van der Waals surface area (Å²) in [4.78, 5) is 10.4. The maximum Gasteiger partial charge on any atom is 0.269 e. The van der Waals surface area contributed by atoms with Crippen LogP contribution in [-0.4, -0.2) is 11.0 Å². The lowest BCUT2D eigenvalue weighted by molar-refractivity contribution is -0.385. The molecule has 0 aromatic heterocycles. The molecular formula is C12H14N2O2. The van der Waals surface area contributed by atoms with Crippen LogP contribution in [0.2, 0.25) is 0 Å². The molecule has 4 rings (SSSR count). The fourth-order valence-corrected chi connectivity index (χ4v) is 3.40. The van der Waals surface area contributed by atoms with E-state index in [9.17, 15) is 10.1 Å². The second-order valence-electron chi connectivity index (χ2n) is 4.99. The predicted molar refractivity (Wildman–Crippen MR) is 60.1 cm³/mol. The second-order valence-corrected chi connectivity index (χ2v) is 4.99. The maximum absolute atomic E-state index is 10.7. The molecule has 84 valence electrons. The van der Waals surface area contributed by atoms with Crippen molar-refractivity contribution < 1.29 is 4.92 Å². The number of nitro groups is 1. The van der Waals surface area contributed by atoms with Gasteiger partial charge in [-0.1, -0.05) is 12.1 Å². The van der Waals surface area contributed by atoms with Crippen LogP contribution in [-0.2, 0) is 5.41 Å². The minimum absolute atomic E-state index is 0.0384. The van der Waals surface area contributed by atoms with Crippen LogP contribution >= 0.6 is 0 Å². The van der Waals surface area contributed by atoms with Crippen molar-refractivity contribution in [3.8, 4) is 0 Å². The zero-order valence-corrected chi connectivity index (χ0v) is 8.93. The highest BCUT2D eigenvalue weighted by molar-refractivity contribution is 5.43. The summed E-state index contributed by atoms with van der Waals surface area (Å²) in [5.41, 5.74) is 7.42. The topological polar surface area (TPSA) is 69.2 Å². The molecule has 3 atom stereocenters. The summed E-state index contributed by atoms with van der Waals surface area (Å²) < 4.78 is 0. The van der Waals surface area contributed by atoms with Gasteiger partial charge in [0.2, 0.25) is 0 Å². The smallest absolute Gasteiger partial charge is 0.269 e. The fraction of sp³-hybridized carbons (Fsp3) is 0.500. The van der Waals surface area contributed by atoms with E-state index in [1.807, 2.05) is 6.07 Å². The van der Waals surface area contributed by atoms with E-state index in [1.54, 1.807) is 12.1 Å². The third-order valence-corrected chi connectivity index (χ3v) is 4.37. The molecule has 2 N–H and O–H groups in total. The molecule has 0 saturated heterocycles. The maximum atomic E-state index is 10.7. The molecule has 16 heavy (non-hydrogen) atoms. The first-order valence-electron chi connectivity index (χ1n) is 5.64. The highest BCUT2D eigenvalue weighted by Gasteiger charge is 2.58. The molecule has 4 nitrogen and oxygen atoms in total. The van der Waals surface area contributed by atoms with Crippen LogP contribution in [0.4, 0.5) is 5.69 Å². The molecule has 0 amide bonds. The van der Waals surface area contributed by atoms with Crippen LogP contribution in [0.5, 0.6) is 0 Å². The monoisotopic (exact) mass is 218 g/mol. The van der Waals surface area contributed by atoms with Gasteiger partial charge in [0.05, 0.1) is 4.92 Å². The number of benzene rings is 1. The van der Waals surface area contributed by atoms with Gasteiger partial charge in [-0.3, -0.25) is 10.1 Å². The van der Waals surface area contributed by atoms with Gasteiger partial charge in [0.25, 0.3) is 5.69 Å². The third kappa shape index (κ3) is 1.08. The Balaban J connectivity index is 2.01. The van der Waals surface area contributed by atoms with E-state index in [4.69, 9.17) is 5.73 Å². The van der Waals surface area contributed by atoms with Gasteiger partial charge in [-0.05, 0) is 30.7 Å². The van der Waals surface area contributed by atoms with Gasteiger partial charge >= 0.3 is 0 Å². The summed E-state index contributed by atoms with van der Waals surface area (Å²) in [5.74, 6) is 0.638. The molecule has 3 saturated carbocycles. The van der Waals surface area contributed by atoms with E-state index in [1.165, 1.54) is 12.5 Å². The van der Waals surface area contributed by atoms with Crippen LogP contribution in [0.3, 0.4) is 0 Å². The summed E-state index contributed by atoms with van der Waals surface area (Å²) >= 11 is 0. The number of nitro benzene ring substituents is 1. The van der Waals surface area contributed by atoms with Crippen LogP contribution in [0.25, 0.3) is 0 Å². The molecule has 0 aliphatic heterocycles. The number of fused-ring (bicyclic) bond motifs is 1. The summed E-state index contributed by atoms with van der Waals surface area (Å²) in [5, 5.41) is 10.7. The number of hydrogen-bond donors (Lipinski definition) is 1. The normalized spacial score (nSPS) is 35.8. The lowest BCUT2D eigenvalue weighted by Crippen LogP contribution is -2.54. The Kier molecular flexibility index (Phi) is 1.86. The van der Waals surface area contributed by atoms with Crippen molar-refractivity contribution in [2.24, 2.45) is 11.7 Å². The van der Waals surface area contributed by atoms with Crippen molar-refractivity contribution in [1.82, 2.24) is 0 Å². The molecule has 0 radical (unpaired) electrons. The van der Waals surface area contributed by atoms with E-state index in [2.05, 4.69) is 0 Å². The van der Waals surface area contributed by atoms with E-state index >= 15 is 0 Å². The Hall–Kier alpha value is -1.42. The van der Waals surface area contributed by atoms with E-state index in [0.717, 1.165) is 18.4 Å². The van der Waals surface area contributed by atoms with Gasteiger partial charge in [-0.2, -0.15) is 0 Å². The molecule has 1 aromatic rings. The standard InChI is InChI=1S/C12H14N2O2/c13-11-8-4-5-12(11,7-8)9-2-1-3-10(6-9)14(15)16/h1-3,6,8,11H,4-5,7,13H2. The van der Waals surface area contributed by atoms with Crippen LogP contribution in [0.15, 0.2) is 24.3 Å². The second kappa shape index (κ2) is 3.04. The minimum Gasteiger partial charge on any atom is -0.327 e. The molecule has 3 unspecified atom stereocenters. The fourth-order valence-electron chi connectivity index (χ4n) is 3.40. The van der Waals surface area contributed by atoms with Gasteiger partial charge in [0.1, 0.15) is 0 Å². The number of non-ortho nitro benzene ring substituents is 1. The largest absolute Gasteiger partial charge is 0.327 e. The average molecular weight is 218 g/mol. The number of nitrogens with zero attached hydrogens (tertiary/aromatic N) is 1. The number of nitrogens with two attached hydrogens (primary N) is 1. The minimum atomic E-state index is -0.337. The van der Waals surface area contributed by atoms with Crippen LogP contribution < -0.4 is 5.73 Å². The molecule has 0 heterocycles. The summed E-state index contributed by atoms with van der Waals surface area (Å²) in [6, 6.07) is 7.18. The first-order valence-corrected chi connectivity index (χ1v) is 5.64. The zero-order chi connectivity index (χ0) is 11.3. The molecular weight excluding hydrogens is 204 g/mol. The highest BCUT2D eigenvalue weighted by atomic mass is 16.6. The van der Waals surface area contributed by atoms with Crippen molar-refractivity contribution in [2.75, 3.05) is 0 Å². The van der Waals surface area contributed by atoms with Crippen molar-refractivity contribution >= 4 is 5.69 Å². The first-order chi connectivity index (χ1) is 7.63. The SMILES string of the molecule is NC1C2CCC1(c1cccc([N+](=O)[O-])c1)C2. The average Bonchev–Trinajstić information content (AvgIpc) is 2.87. The quantitative estimate of drug-likeness (QED) is 0.609. The summed E-state index contributed by atoms with van der Waals surface area (Å²) in [6.45, 7) is 0. The molecule has 0 spiro atoms. The third-order valence-electron chi connectivity index (χ3n) is 4.37. The molecule has 3 aliphatic rings. The summed E-state index contributed by atoms with van der Waals surface area (Å²) in [7, 11) is 0. The van der Waals surface area contributed by atoms with Crippen molar-refractivity contribution in [1.29, 1.82) is 0 Å². The van der Waals surface area contributed by atoms with Gasteiger partial charge in [-0.15, -0.1) is 0 Å². The Labute approximate surface area is 93.6 Å². The highest BCUT2D eigenvalue weighted by Crippen LogP contribution is 2.59. The lowest BCUT2D eigenvalue weighted by atomic mass is 9.61. The van der Waals surface area contributed by atoms with Gasteiger partial charge in [0, 0.05) is 23.6 Å². The molecule has 4 heteroatoms. The summed E-state index contributed by atoms with van der Waals surface area (Å²) in [6.07, 6.45) is 3.36. The van der Waals surface area contributed by atoms with Gasteiger partial charge in [-0.25, -0.2) is 0 Å². The molecule has 2 bridgehead atoms. The van der Waals surface area contributed by atoms with Crippen LogP contribution in [0.1, 0.15) is 24.8 Å². The van der Waals surface area contributed by atoms with Gasteiger partial charge in [0.15, 0.2) is 0 Å². The Morgan fingerprint density at radius 1 is 1.50 bits per heavy atom. The molecule has 3 fully saturated rings. The first kappa shape index (κ1) is 9.78. The van der Waals surface area contributed by atoms with E-state index in [0.29, 0.717) is 5.92 Å². The van der Waals surface area contributed by atoms with Crippen LogP contribution in [0, 0.1) is 16.0 Å². The van der Waals surface area contributed by atoms with Crippen molar-refractivity contribution in [3.05, 3.63) is 39.9 Å². The predicted octanol–water partition coefficient (Wildman–Crippen LogP) is 1.97. The number of hydrogen-bond acceptors (Lipinski definition) is 3. The Bertz CT molecular complexity index is 456. The molecule has 3 aliphatic carbocycles. The van der Waals surface area contributed by atoms with Crippen molar-refractivity contribution in [3.63, 3.8) is 0 Å². The van der Waals surface area contributed by atoms with Crippen molar-refractivity contribution in [2.45, 2.75) is 30.7 Å². The molecule has 1 aromatic carbocycles. The zero-order valence-electron chi connectivity index (χ0n) is 8.93. The Morgan fingerprint density at radius 2 is 2.31 bits per heavy atom. The van der Waals surface area contributed by atoms with E-state index in [-0.39, 0.29) is 22.1 Å². The lowest BCUT2D eigenvalue weighted by Gasteiger charge is -2.45. The Morgan fingerprint density at radius 3 is 2.88 bits per heavy atom. The number of rotatable bonds is 2. The van der Waals surface area contributed by atoms with Gasteiger partial charge < -0.3 is 5.73 Å². The van der Waals surface area contributed by atoms with E-state index < -0.39 is 0 Å².